The van der Waals surface area contributed by atoms with Crippen LogP contribution in [-0.2, 0) is 11.2 Å². The number of carboxylic acid groups (broad SMARTS) is 1. The van der Waals surface area contributed by atoms with Gasteiger partial charge in [-0.2, -0.15) is 0 Å². The van der Waals surface area contributed by atoms with E-state index in [9.17, 15) is 4.79 Å². The second-order valence-corrected chi connectivity index (χ2v) is 4.53. The van der Waals surface area contributed by atoms with Gasteiger partial charge in [0.15, 0.2) is 6.61 Å². The maximum Gasteiger partial charge on any atom is 0.341 e. The van der Waals surface area contributed by atoms with Gasteiger partial charge in [-0.25, -0.2) is 4.79 Å². The highest BCUT2D eigenvalue weighted by molar-refractivity contribution is 6.30. The average molecular weight is 277 g/mol. The Balaban J connectivity index is 2.22. The lowest BCUT2D eigenvalue weighted by Crippen LogP contribution is -2.10. The van der Waals surface area contributed by atoms with Gasteiger partial charge in [0, 0.05) is 11.4 Å². The molecule has 19 heavy (non-hydrogen) atoms. The molecule has 0 aromatic heterocycles. The molecule has 0 fully saturated rings. The van der Waals surface area contributed by atoms with Crippen molar-refractivity contribution in [3.8, 4) is 5.75 Å². The highest BCUT2D eigenvalue weighted by atomic mass is 35.5. The normalized spacial score (nSPS) is 10.2. The molecule has 0 amide bonds. The summed E-state index contributed by atoms with van der Waals surface area (Å²) < 4.78 is 5.27. The second kappa shape index (κ2) is 6.25. The molecule has 0 atom stereocenters. The molecule has 0 aliphatic rings. The summed E-state index contributed by atoms with van der Waals surface area (Å²) in [6.07, 6.45) is 0.649. The summed E-state index contributed by atoms with van der Waals surface area (Å²) in [6.45, 7) is -0.358. The van der Waals surface area contributed by atoms with Crippen LogP contribution < -0.4 is 4.74 Å². The van der Waals surface area contributed by atoms with Gasteiger partial charge in [0.2, 0.25) is 0 Å². The molecule has 0 bridgehead atoms. The Bertz CT molecular complexity index is 567. The topological polar surface area (TPSA) is 46.5 Å². The van der Waals surface area contributed by atoms with Crippen LogP contribution >= 0.6 is 11.6 Å². The van der Waals surface area contributed by atoms with Crippen LogP contribution in [0.4, 0.5) is 0 Å². The van der Waals surface area contributed by atoms with Gasteiger partial charge in [-0.05, 0) is 29.3 Å². The highest BCUT2D eigenvalue weighted by Gasteiger charge is 2.07. The summed E-state index contributed by atoms with van der Waals surface area (Å²) in [4.78, 5) is 10.6. The number of rotatable bonds is 5. The van der Waals surface area contributed by atoms with E-state index in [0.717, 1.165) is 11.1 Å². The van der Waals surface area contributed by atoms with Gasteiger partial charge in [-0.1, -0.05) is 41.9 Å². The number of halogens is 1. The number of ether oxygens (including phenoxy) is 1. The van der Waals surface area contributed by atoms with Gasteiger partial charge in [-0.3, -0.25) is 0 Å². The van der Waals surface area contributed by atoms with Crippen LogP contribution in [0.1, 0.15) is 11.1 Å². The summed E-state index contributed by atoms with van der Waals surface area (Å²) in [5.74, 6) is -0.448. The summed E-state index contributed by atoms with van der Waals surface area (Å²) in [7, 11) is 0. The van der Waals surface area contributed by atoms with Crippen LogP contribution in [0.25, 0.3) is 0 Å². The Labute approximate surface area is 116 Å². The molecule has 3 nitrogen and oxygen atoms in total. The van der Waals surface area contributed by atoms with Crippen molar-refractivity contribution in [2.45, 2.75) is 6.42 Å². The summed E-state index contributed by atoms with van der Waals surface area (Å²) in [5.41, 5.74) is 1.99. The third-order valence-electron chi connectivity index (χ3n) is 2.61. The molecule has 0 aliphatic heterocycles. The van der Waals surface area contributed by atoms with Crippen molar-refractivity contribution in [3.05, 3.63) is 64.7 Å². The first-order chi connectivity index (χ1) is 9.15. The van der Waals surface area contributed by atoms with Gasteiger partial charge < -0.3 is 9.84 Å². The van der Waals surface area contributed by atoms with Crippen LogP contribution in [-0.4, -0.2) is 17.7 Å². The van der Waals surface area contributed by atoms with Crippen LogP contribution in [0.2, 0.25) is 5.02 Å². The minimum atomic E-state index is -0.999. The van der Waals surface area contributed by atoms with E-state index in [0.29, 0.717) is 17.2 Å². The minimum Gasteiger partial charge on any atom is -0.482 e. The van der Waals surface area contributed by atoms with E-state index in [-0.39, 0.29) is 6.61 Å². The fraction of sp³-hybridized carbons (Fsp3) is 0.133. The Morgan fingerprint density at radius 1 is 1.16 bits per heavy atom. The zero-order chi connectivity index (χ0) is 13.7. The van der Waals surface area contributed by atoms with Crippen LogP contribution in [0, 0.1) is 0 Å². The number of carboxylic acids is 1. The number of hydrogen-bond donors (Lipinski definition) is 1. The maximum absolute atomic E-state index is 10.6. The predicted molar refractivity (Wildman–Crippen MR) is 73.8 cm³/mol. The van der Waals surface area contributed by atoms with Crippen molar-refractivity contribution in [2.75, 3.05) is 6.61 Å². The van der Waals surface area contributed by atoms with Crippen molar-refractivity contribution in [2.24, 2.45) is 0 Å². The average Bonchev–Trinajstić information content (AvgIpc) is 2.39. The third-order valence-corrected chi connectivity index (χ3v) is 2.85. The molecule has 0 radical (unpaired) electrons. The molecule has 0 saturated heterocycles. The molecule has 0 spiro atoms. The van der Waals surface area contributed by atoms with Crippen molar-refractivity contribution < 1.29 is 14.6 Å². The Hall–Kier alpha value is -2.00. The predicted octanol–water partition coefficient (Wildman–Crippen LogP) is 3.39. The monoisotopic (exact) mass is 276 g/mol. The molecule has 0 aliphatic carbocycles. The number of carbonyl (C=O) groups is 1. The van der Waals surface area contributed by atoms with Crippen LogP contribution in [0.3, 0.4) is 0 Å². The minimum absolute atomic E-state index is 0.358. The molecule has 2 aromatic rings. The first-order valence-corrected chi connectivity index (χ1v) is 6.20. The first-order valence-electron chi connectivity index (χ1n) is 5.82. The summed E-state index contributed by atoms with van der Waals surface area (Å²) in [6, 6.07) is 15.0. The second-order valence-electron chi connectivity index (χ2n) is 4.10. The summed E-state index contributed by atoms with van der Waals surface area (Å²) in [5, 5.41) is 9.26. The smallest absolute Gasteiger partial charge is 0.341 e. The first kappa shape index (κ1) is 13.4. The van der Waals surface area contributed by atoms with E-state index < -0.39 is 5.97 Å². The molecule has 0 saturated carbocycles. The van der Waals surface area contributed by atoms with Gasteiger partial charge in [0.05, 0.1) is 0 Å². The van der Waals surface area contributed by atoms with E-state index in [2.05, 4.69) is 0 Å². The zero-order valence-electron chi connectivity index (χ0n) is 10.2. The van der Waals surface area contributed by atoms with E-state index in [1.54, 1.807) is 18.2 Å². The SMILES string of the molecule is O=C(O)COc1ccc(Cl)cc1Cc1ccccc1. The molecule has 1 N–H and O–H groups in total. The largest absolute Gasteiger partial charge is 0.482 e. The highest BCUT2D eigenvalue weighted by Crippen LogP contribution is 2.25. The standard InChI is InChI=1S/C15H13ClO3/c16-13-6-7-14(19-10-15(17)18)12(9-13)8-11-4-2-1-3-5-11/h1-7,9H,8,10H2,(H,17,18). The maximum atomic E-state index is 10.6. The molecule has 0 heterocycles. The fourth-order valence-electron chi connectivity index (χ4n) is 1.78. The third kappa shape index (κ3) is 4.00. The van der Waals surface area contributed by atoms with Gasteiger partial charge in [0.1, 0.15) is 5.75 Å². The van der Waals surface area contributed by atoms with Crippen molar-refractivity contribution in [3.63, 3.8) is 0 Å². The molecular formula is C15H13ClO3. The lowest BCUT2D eigenvalue weighted by Gasteiger charge is -2.10. The Morgan fingerprint density at radius 2 is 1.89 bits per heavy atom. The van der Waals surface area contributed by atoms with Crippen LogP contribution in [0.15, 0.2) is 48.5 Å². The number of benzene rings is 2. The van der Waals surface area contributed by atoms with E-state index >= 15 is 0 Å². The molecule has 0 unspecified atom stereocenters. The lowest BCUT2D eigenvalue weighted by molar-refractivity contribution is -0.139. The number of hydrogen-bond acceptors (Lipinski definition) is 2. The number of aliphatic carboxylic acids is 1. The van der Waals surface area contributed by atoms with Gasteiger partial charge >= 0.3 is 5.97 Å². The molecule has 98 valence electrons. The van der Waals surface area contributed by atoms with E-state index in [1.165, 1.54) is 0 Å². The lowest BCUT2D eigenvalue weighted by atomic mass is 10.0. The van der Waals surface area contributed by atoms with Gasteiger partial charge in [-0.15, -0.1) is 0 Å². The fourth-order valence-corrected chi connectivity index (χ4v) is 1.98. The zero-order valence-corrected chi connectivity index (χ0v) is 10.9. The Kier molecular flexibility index (Phi) is 4.42. The molecular weight excluding hydrogens is 264 g/mol. The van der Waals surface area contributed by atoms with Crippen LogP contribution in [0.5, 0.6) is 5.75 Å². The quantitative estimate of drug-likeness (QED) is 0.910. The molecule has 2 aromatic carbocycles. The molecule has 2 rings (SSSR count). The van der Waals surface area contributed by atoms with E-state index in [4.69, 9.17) is 21.4 Å². The van der Waals surface area contributed by atoms with Crippen molar-refractivity contribution in [1.82, 2.24) is 0 Å². The summed E-state index contributed by atoms with van der Waals surface area (Å²) >= 11 is 5.97. The van der Waals surface area contributed by atoms with Gasteiger partial charge in [0.25, 0.3) is 0 Å². The van der Waals surface area contributed by atoms with Crippen molar-refractivity contribution >= 4 is 17.6 Å². The van der Waals surface area contributed by atoms with Crippen molar-refractivity contribution in [1.29, 1.82) is 0 Å². The Morgan fingerprint density at radius 3 is 2.58 bits per heavy atom. The molecule has 4 heteroatoms. The van der Waals surface area contributed by atoms with E-state index in [1.807, 2.05) is 30.3 Å².